The van der Waals surface area contributed by atoms with Crippen molar-refractivity contribution in [3.63, 3.8) is 0 Å². The number of hydrogen-bond acceptors (Lipinski definition) is 4. The molecule has 0 radical (unpaired) electrons. The molecule has 5 heteroatoms. The number of amides is 1. The minimum atomic E-state index is -0.615. The molecule has 28 heavy (non-hydrogen) atoms. The van der Waals surface area contributed by atoms with Gasteiger partial charge >= 0.3 is 6.09 Å². The number of benzene rings is 2. The predicted molar refractivity (Wildman–Crippen MR) is 104 cm³/mol. The van der Waals surface area contributed by atoms with Crippen molar-refractivity contribution in [1.29, 1.82) is 0 Å². The monoisotopic (exact) mass is 379 g/mol. The summed E-state index contributed by atoms with van der Waals surface area (Å²) in [7, 11) is 1.84. The van der Waals surface area contributed by atoms with Gasteiger partial charge in [-0.25, -0.2) is 4.79 Å². The molecule has 1 saturated heterocycles. The topological polar surface area (TPSA) is 48.0 Å². The summed E-state index contributed by atoms with van der Waals surface area (Å²) in [5.41, 5.74) is 3.61. The maximum Gasteiger partial charge on any atom is 0.410 e. The van der Waals surface area contributed by atoms with Crippen molar-refractivity contribution < 1.29 is 19.0 Å². The summed E-state index contributed by atoms with van der Waals surface area (Å²) >= 11 is 0. The highest BCUT2D eigenvalue weighted by atomic mass is 16.7. The number of hydrogen-bond donors (Lipinski definition) is 0. The Morgan fingerprint density at radius 1 is 1.07 bits per heavy atom. The van der Waals surface area contributed by atoms with Crippen LogP contribution in [0.1, 0.15) is 41.4 Å². The Morgan fingerprint density at radius 3 is 2.50 bits per heavy atom. The second kappa shape index (κ2) is 6.90. The van der Waals surface area contributed by atoms with E-state index in [1.165, 1.54) is 11.1 Å². The fourth-order valence-electron chi connectivity index (χ4n) is 5.23. The van der Waals surface area contributed by atoms with Gasteiger partial charge in [0.05, 0.1) is 19.1 Å². The molecule has 0 aromatic heterocycles. The van der Waals surface area contributed by atoms with E-state index in [4.69, 9.17) is 14.2 Å². The first-order valence-electron chi connectivity index (χ1n) is 9.98. The maximum absolute atomic E-state index is 12.8. The van der Waals surface area contributed by atoms with Gasteiger partial charge in [0.2, 0.25) is 0 Å². The molecule has 4 aliphatic rings. The van der Waals surface area contributed by atoms with E-state index in [1.807, 2.05) is 37.4 Å². The first-order valence-corrected chi connectivity index (χ1v) is 9.98. The Morgan fingerprint density at radius 2 is 1.75 bits per heavy atom. The lowest BCUT2D eigenvalue weighted by Gasteiger charge is -2.54. The molecule has 1 saturated carbocycles. The van der Waals surface area contributed by atoms with Gasteiger partial charge < -0.3 is 19.1 Å². The fraction of sp³-hybridized carbons (Fsp3) is 0.435. The van der Waals surface area contributed by atoms with E-state index >= 15 is 0 Å². The molecule has 2 aromatic carbocycles. The van der Waals surface area contributed by atoms with Crippen molar-refractivity contribution in [1.82, 2.24) is 4.90 Å². The third-order valence-corrected chi connectivity index (χ3v) is 6.45. The van der Waals surface area contributed by atoms with E-state index in [-0.39, 0.29) is 24.7 Å². The van der Waals surface area contributed by atoms with Crippen LogP contribution in [0.2, 0.25) is 0 Å². The molecule has 0 unspecified atom stereocenters. The summed E-state index contributed by atoms with van der Waals surface area (Å²) in [5.74, 6) is -0.283. The number of carbonyl (C=O) groups is 1. The molecular formula is C23H25NO4. The summed E-state index contributed by atoms with van der Waals surface area (Å²) in [6, 6.07) is 18.3. The maximum atomic E-state index is 12.8. The lowest BCUT2D eigenvalue weighted by molar-refractivity contribution is -0.212. The zero-order valence-electron chi connectivity index (χ0n) is 16.0. The van der Waals surface area contributed by atoms with E-state index in [0.717, 1.165) is 18.4 Å². The molecule has 5 nitrogen and oxygen atoms in total. The van der Waals surface area contributed by atoms with E-state index in [1.54, 1.807) is 4.90 Å². The molecule has 1 aliphatic heterocycles. The third kappa shape index (κ3) is 2.81. The van der Waals surface area contributed by atoms with Crippen LogP contribution in [0.25, 0.3) is 0 Å². The van der Waals surface area contributed by atoms with Crippen LogP contribution in [0.4, 0.5) is 4.79 Å². The molecule has 3 aliphatic carbocycles. The second-order valence-corrected chi connectivity index (χ2v) is 7.97. The molecule has 0 N–H and O–H groups in total. The van der Waals surface area contributed by atoms with Gasteiger partial charge in [-0.3, -0.25) is 0 Å². The zero-order chi connectivity index (χ0) is 19.1. The van der Waals surface area contributed by atoms with Crippen molar-refractivity contribution >= 4 is 6.09 Å². The molecule has 6 rings (SSSR count). The Bertz CT molecular complexity index is 862. The number of likely N-dealkylation sites (N-methyl/N-ethyl adjacent to an activating group) is 1. The van der Waals surface area contributed by atoms with Crippen LogP contribution < -0.4 is 0 Å². The molecule has 1 heterocycles. The predicted octanol–water partition coefficient (Wildman–Crippen LogP) is 4.04. The van der Waals surface area contributed by atoms with Gasteiger partial charge in [0.15, 0.2) is 5.79 Å². The second-order valence-electron chi connectivity index (χ2n) is 7.97. The van der Waals surface area contributed by atoms with Crippen LogP contribution in [0.5, 0.6) is 0 Å². The zero-order valence-corrected chi connectivity index (χ0v) is 16.0. The number of nitrogens with zero attached hydrogens (tertiary/aromatic N) is 1. The summed E-state index contributed by atoms with van der Waals surface area (Å²) in [5, 5.41) is 0. The quantitative estimate of drug-likeness (QED) is 0.808. The molecule has 2 aromatic rings. The van der Waals surface area contributed by atoms with Crippen molar-refractivity contribution in [2.24, 2.45) is 0 Å². The lowest BCUT2D eigenvalue weighted by Crippen LogP contribution is -2.58. The minimum Gasteiger partial charge on any atom is -0.445 e. The largest absolute Gasteiger partial charge is 0.445 e. The van der Waals surface area contributed by atoms with Crippen LogP contribution in [-0.2, 0) is 20.8 Å². The Kier molecular flexibility index (Phi) is 4.37. The van der Waals surface area contributed by atoms with E-state index in [0.29, 0.717) is 19.1 Å². The van der Waals surface area contributed by atoms with Gasteiger partial charge in [0, 0.05) is 19.5 Å². The molecular weight excluding hydrogens is 354 g/mol. The van der Waals surface area contributed by atoms with E-state index in [9.17, 15) is 4.79 Å². The average Bonchev–Trinajstić information content (AvgIpc) is 3.20. The van der Waals surface area contributed by atoms with E-state index < -0.39 is 5.79 Å². The van der Waals surface area contributed by atoms with Crippen LogP contribution in [-0.4, -0.2) is 43.1 Å². The summed E-state index contributed by atoms with van der Waals surface area (Å²) < 4.78 is 17.9. The first kappa shape index (κ1) is 17.7. The number of carbonyl (C=O) groups excluding carboxylic acids is 1. The van der Waals surface area contributed by atoms with Gasteiger partial charge in [-0.15, -0.1) is 0 Å². The van der Waals surface area contributed by atoms with Gasteiger partial charge in [0.25, 0.3) is 0 Å². The Hall–Kier alpha value is -2.37. The molecule has 146 valence electrons. The highest BCUT2D eigenvalue weighted by molar-refractivity contribution is 5.68. The minimum absolute atomic E-state index is 0.00461. The van der Waals surface area contributed by atoms with Crippen molar-refractivity contribution in [2.45, 2.75) is 43.1 Å². The summed E-state index contributed by atoms with van der Waals surface area (Å²) in [6.45, 7) is 1.50. The molecule has 3 atom stereocenters. The van der Waals surface area contributed by atoms with Crippen LogP contribution in [0.15, 0.2) is 54.6 Å². The highest BCUT2D eigenvalue weighted by Gasteiger charge is 2.59. The smallest absolute Gasteiger partial charge is 0.410 e. The van der Waals surface area contributed by atoms with Crippen LogP contribution in [0, 0.1) is 0 Å². The SMILES string of the molecule is CN(C(=O)OCc1ccccc1)[C@H]1C[C@H]2CC3(OCCO3)[C@@H]1c1ccccc12. The fourth-order valence-corrected chi connectivity index (χ4v) is 5.23. The Labute approximate surface area is 165 Å². The number of fused-ring (bicyclic) bond motifs is 1. The van der Waals surface area contributed by atoms with Gasteiger partial charge in [-0.2, -0.15) is 0 Å². The van der Waals surface area contributed by atoms with Crippen molar-refractivity contribution in [2.75, 3.05) is 20.3 Å². The summed E-state index contributed by atoms with van der Waals surface area (Å²) in [6.07, 6.45) is 1.47. The third-order valence-electron chi connectivity index (χ3n) is 6.45. The molecule has 2 bridgehead atoms. The average molecular weight is 379 g/mol. The van der Waals surface area contributed by atoms with Crippen molar-refractivity contribution in [3.05, 3.63) is 71.3 Å². The number of ether oxygens (including phenoxy) is 3. The molecule has 1 amide bonds. The summed E-state index contributed by atoms with van der Waals surface area (Å²) in [4.78, 5) is 14.6. The highest BCUT2D eigenvalue weighted by Crippen LogP contribution is 2.58. The normalized spacial score (nSPS) is 26.8. The van der Waals surface area contributed by atoms with Gasteiger partial charge in [-0.05, 0) is 29.0 Å². The standard InChI is InChI=1S/C23H25NO4/c1-24(22(25)26-15-16-7-3-2-4-8-16)20-13-17-14-23(27-11-12-28-23)21(20)19-10-6-5-9-18(17)19/h2-10,17,20-21H,11-15H2,1H3/t17-,20-,21+/m0/s1. The van der Waals surface area contributed by atoms with Crippen LogP contribution in [0.3, 0.4) is 0 Å². The van der Waals surface area contributed by atoms with Crippen LogP contribution >= 0.6 is 0 Å². The molecule has 1 spiro atoms. The van der Waals surface area contributed by atoms with Gasteiger partial charge in [0.1, 0.15) is 6.61 Å². The van der Waals surface area contributed by atoms with Gasteiger partial charge in [-0.1, -0.05) is 54.6 Å². The Balaban J connectivity index is 1.39. The van der Waals surface area contributed by atoms with Crippen molar-refractivity contribution in [3.8, 4) is 0 Å². The first-order chi connectivity index (χ1) is 13.7. The molecule has 2 fully saturated rings. The van der Waals surface area contributed by atoms with E-state index in [2.05, 4.69) is 24.3 Å². The number of rotatable bonds is 3. The lowest BCUT2D eigenvalue weighted by atomic mass is 9.61.